The SMILES string of the molecule is CC(=O)c1cccc(-c2ccc3c(c2)C(=O)NC[C@H]2CNC[C@H]32)c1.Cl. The summed E-state index contributed by atoms with van der Waals surface area (Å²) in [6, 6.07) is 13.7. The van der Waals surface area contributed by atoms with Gasteiger partial charge < -0.3 is 10.6 Å². The smallest absolute Gasteiger partial charge is 0.251 e. The molecule has 2 aliphatic rings. The van der Waals surface area contributed by atoms with Gasteiger partial charge in [0.2, 0.25) is 0 Å². The molecule has 5 heteroatoms. The highest BCUT2D eigenvalue weighted by molar-refractivity contribution is 5.98. The number of carbonyl (C=O) groups is 2. The summed E-state index contributed by atoms with van der Waals surface area (Å²) in [7, 11) is 0. The van der Waals surface area contributed by atoms with Crippen molar-refractivity contribution in [2.75, 3.05) is 19.6 Å². The van der Waals surface area contributed by atoms with Crippen molar-refractivity contribution in [1.82, 2.24) is 10.6 Å². The number of ketones is 1. The van der Waals surface area contributed by atoms with Gasteiger partial charge in [-0.25, -0.2) is 0 Å². The molecule has 0 unspecified atom stereocenters. The second kappa shape index (κ2) is 6.98. The van der Waals surface area contributed by atoms with Crippen LogP contribution in [0.3, 0.4) is 0 Å². The number of nitrogens with one attached hydrogen (secondary N) is 2. The quantitative estimate of drug-likeness (QED) is 0.813. The Balaban J connectivity index is 0.00000182. The first-order valence-electron chi connectivity index (χ1n) is 8.38. The average Bonchev–Trinajstić information content (AvgIpc) is 3.03. The van der Waals surface area contributed by atoms with Crippen molar-refractivity contribution in [2.45, 2.75) is 12.8 Å². The van der Waals surface area contributed by atoms with Crippen molar-refractivity contribution in [3.63, 3.8) is 0 Å². The van der Waals surface area contributed by atoms with Crippen molar-refractivity contribution in [3.05, 3.63) is 59.2 Å². The first-order valence-corrected chi connectivity index (χ1v) is 8.38. The van der Waals surface area contributed by atoms with E-state index < -0.39 is 0 Å². The molecule has 1 saturated heterocycles. The molecule has 130 valence electrons. The molecule has 0 aliphatic carbocycles. The van der Waals surface area contributed by atoms with E-state index in [1.807, 2.05) is 30.3 Å². The molecule has 2 N–H and O–H groups in total. The van der Waals surface area contributed by atoms with Crippen LogP contribution in [0, 0.1) is 5.92 Å². The van der Waals surface area contributed by atoms with Gasteiger partial charge in [-0.1, -0.05) is 30.3 Å². The van der Waals surface area contributed by atoms with Crippen LogP contribution in [0.15, 0.2) is 42.5 Å². The highest BCUT2D eigenvalue weighted by Crippen LogP contribution is 2.34. The summed E-state index contributed by atoms with van der Waals surface area (Å²) >= 11 is 0. The zero-order chi connectivity index (χ0) is 16.7. The Kier molecular flexibility index (Phi) is 4.93. The molecule has 0 saturated carbocycles. The lowest BCUT2D eigenvalue weighted by molar-refractivity contribution is 0.0951. The summed E-state index contributed by atoms with van der Waals surface area (Å²) < 4.78 is 0. The topological polar surface area (TPSA) is 58.2 Å². The fourth-order valence-corrected chi connectivity index (χ4v) is 3.80. The Bertz CT molecular complexity index is 834. The monoisotopic (exact) mass is 356 g/mol. The predicted octanol–water partition coefficient (Wildman–Crippen LogP) is 3.02. The highest BCUT2D eigenvalue weighted by atomic mass is 35.5. The lowest BCUT2D eigenvalue weighted by Crippen LogP contribution is -2.28. The molecule has 2 aromatic rings. The number of hydrogen-bond donors (Lipinski definition) is 2. The van der Waals surface area contributed by atoms with E-state index in [-0.39, 0.29) is 24.1 Å². The van der Waals surface area contributed by atoms with Crippen LogP contribution in [0.2, 0.25) is 0 Å². The Morgan fingerprint density at radius 1 is 1.04 bits per heavy atom. The van der Waals surface area contributed by atoms with Crippen LogP contribution < -0.4 is 10.6 Å². The molecule has 2 aliphatic heterocycles. The number of rotatable bonds is 2. The van der Waals surface area contributed by atoms with E-state index in [0.717, 1.165) is 41.9 Å². The van der Waals surface area contributed by atoms with Gasteiger partial charge in [-0.05, 0) is 41.7 Å². The lowest BCUT2D eigenvalue weighted by atomic mass is 9.86. The molecule has 4 nitrogen and oxygen atoms in total. The maximum atomic E-state index is 12.5. The Hall–Kier alpha value is -2.17. The summed E-state index contributed by atoms with van der Waals surface area (Å²) in [5, 5.41) is 6.47. The third kappa shape index (κ3) is 3.20. The zero-order valence-electron chi connectivity index (χ0n) is 14.0. The maximum absolute atomic E-state index is 12.5. The van der Waals surface area contributed by atoms with Crippen molar-refractivity contribution in [1.29, 1.82) is 0 Å². The fourth-order valence-electron chi connectivity index (χ4n) is 3.80. The number of benzene rings is 2. The largest absolute Gasteiger partial charge is 0.352 e. The highest BCUT2D eigenvalue weighted by Gasteiger charge is 2.34. The number of hydrogen-bond acceptors (Lipinski definition) is 3. The van der Waals surface area contributed by atoms with Crippen LogP contribution in [-0.4, -0.2) is 31.3 Å². The standard InChI is InChI=1S/C20H20N2O2.ClH/c1-12(23)13-3-2-4-14(7-13)15-5-6-17-18(8-15)20(24)22-10-16-9-21-11-19(16)17;/h2-8,16,19,21H,9-11H2,1H3,(H,22,24);1H/t16-,19+;/m1./s1. The maximum Gasteiger partial charge on any atom is 0.251 e. The van der Waals surface area contributed by atoms with Crippen molar-refractivity contribution in [2.24, 2.45) is 5.92 Å². The number of amides is 1. The minimum absolute atomic E-state index is 0. The van der Waals surface area contributed by atoms with Gasteiger partial charge in [-0.3, -0.25) is 9.59 Å². The number of fused-ring (bicyclic) bond motifs is 3. The summed E-state index contributed by atoms with van der Waals surface area (Å²) in [6.07, 6.45) is 0. The van der Waals surface area contributed by atoms with Gasteiger partial charge in [0.25, 0.3) is 5.91 Å². The second-order valence-electron chi connectivity index (χ2n) is 6.67. The summed E-state index contributed by atoms with van der Waals surface area (Å²) in [4.78, 5) is 24.1. The molecule has 2 aromatic carbocycles. The molecule has 0 radical (unpaired) electrons. The predicted molar refractivity (Wildman–Crippen MR) is 101 cm³/mol. The van der Waals surface area contributed by atoms with Crippen LogP contribution in [0.25, 0.3) is 11.1 Å². The van der Waals surface area contributed by atoms with Crippen LogP contribution >= 0.6 is 12.4 Å². The third-order valence-electron chi connectivity index (χ3n) is 5.16. The number of halogens is 1. The number of Topliss-reactive ketones (excluding diaryl/α,β-unsaturated/α-hetero) is 1. The van der Waals surface area contributed by atoms with E-state index in [0.29, 0.717) is 17.4 Å². The molecule has 2 atom stereocenters. The molecule has 0 aromatic heterocycles. The molecule has 1 fully saturated rings. The van der Waals surface area contributed by atoms with Gasteiger partial charge in [0.05, 0.1) is 0 Å². The minimum atomic E-state index is 0. The van der Waals surface area contributed by atoms with Gasteiger partial charge in [0, 0.05) is 36.7 Å². The molecule has 2 heterocycles. The molecule has 1 amide bonds. The molecular formula is C20H21ClN2O2. The first-order chi connectivity index (χ1) is 11.6. The zero-order valence-corrected chi connectivity index (χ0v) is 14.9. The van der Waals surface area contributed by atoms with Crippen LogP contribution in [0.1, 0.15) is 39.1 Å². The van der Waals surface area contributed by atoms with E-state index in [1.54, 1.807) is 6.92 Å². The van der Waals surface area contributed by atoms with Crippen molar-refractivity contribution in [3.8, 4) is 11.1 Å². The van der Waals surface area contributed by atoms with Crippen LogP contribution in [0.4, 0.5) is 0 Å². The summed E-state index contributed by atoms with van der Waals surface area (Å²) in [5.41, 5.74) is 4.51. The molecule has 0 bridgehead atoms. The van der Waals surface area contributed by atoms with Gasteiger partial charge in [-0.2, -0.15) is 0 Å². The van der Waals surface area contributed by atoms with Crippen molar-refractivity contribution >= 4 is 24.1 Å². The third-order valence-corrected chi connectivity index (χ3v) is 5.16. The lowest BCUT2D eigenvalue weighted by Gasteiger charge is -2.17. The Morgan fingerprint density at radius 2 is 1.84 bits per heavy atom. The fraction of sp³-hybridized carbons (Fsp3) is 0.300. The van der Waals surface area contributed by atoms with Crippen LogP contribution in [0.5, 0.6) is 0 Å². The first kappa shape index (κ1) is 17.6. The molecule has 4 rings (SSSR count). The van der Waals surface area contributed by atoms with Gasteiger partial charge in [0.1, 0.15) is 0 Å². The van der Waals surface area contributed by atoms with Gasteiger partial charge in [-0.15, -0.1) is 12.4 Å². The summed E-state index contributed by atoms with van der Waals surface area (Å²) in [6.45, 7) is 4.16. The summed E-state index contributed by atoms with van der Waals surface area (Å²) in [5.74, 6) is 0.895. The van der Waals surface area contributed by atoms with E-state index in [1.165, 1.54) is 0 Å². The molecular weight excluding hydrogens is 336 g/mol. The van der Waals surface area contributed by atoms with E-state index in [9.17, 15) is 9.59 Å². The van der Waals surface area contributed by atoms with E-state index in [2.05, 4.69) is 22.8 Å². The van der Waals surface area contributed by atoms with E-state index in [4.69, 9.17) is 0 Å². The number of carbonyl (C=O) groups excluding carboxylic acids is 2. The average molecular weight is 357 g/mol. The Labute approximate surface area is 153 Å². The van der Waals surface area contributed by atoms with Gasteiger partial charge >= 0.3 is 0 Å². The van der Waals surface area contributed by atoms with Crippen molar-refractivity contribution < 1.29 is 9.59 Å². The normalized spacial score (nSPS) is 21.4. The Morgan fingerprint density at radius 3 is 2.64 bits per heavy atom. The second-order valence-corrected chi connectivity index (χ2v) is 6.67. The molecule has 0 spiro atoms. The minimum Gasteiger partial charge on any atom is -0.352 e. The molecule has 25 heavy (non-hydrogen) atoms. The van der Waals surface area contributed by atoms with Crippen LogP contribution in [-0.2, 0) is 0 Å². The van der Waals surface area contributed by atoms with Gasteiger partial charge in [0.15, 0.2) is 5.78 Å². The van der Waals surface area contributed by atoms with E-state index >= 15 is 0 Å².